The predicted octanol–water partition coefficient (Wildman–Crippen LogP) is 3.05. The van der Waals surface area contributed by atoms with Crippen molar-refractivity contribution in [2.75, 3.05) is 6.61 Å². The second-order valence-electron chi connectivity index (χ2n) is 6.04. The maximum Gasteiger partial charge on any atom is 0.337 e. The van der Waals surface area contributed by atoms with Crippen LogP contribution >= 0.6 is 0 Å². The second-order valence-corrected chi connectivity index (χ2v) is 11.7. The minimum absolute atomic E-state index is 0.266. The zero-order valence-corrected chi connectivity index (χ0v) is 13.1. The first-order valence-corrected chi connectivity index (χ1v) is 10.3. The molecular weight excluding hydrogens is 272 g/mol. The van der Waals surface area contributed by atoms with Gasteiger partial charge in [-0.05, 0) is 18.2 Å². The van der Waals surface area contributed by atoms with Gasteiger partial charge in [-0.1, -0.05) is 19.6 Å². The van der Waals surface area contributed by atoms with Crippen molar-refractivity contribution in [1.82, 2.24) is 9.55 Å². The summed E-state index contributed by atoms with van der Waals surface area (Å²) in [5, 5.41) is 9.85. The minimum Gasteiger partial charge on any atom is -0.478 e. The van der Waals surface area contributed by atoms with Crippen LogP contribution in [0.3, 0.4) is 0 Å². The molecule has 0 aliphatic heterocycles. The third kappa shape index (κ3) is 3.46. The summed E-state index contributed by atoms with van der Waals surface area (Å²) < 4.78 is 7.41. The lowest BCUT2D eigenvalue weighted by atomic mass is 10.2. The van der Waals surface area contributed by atoms with Gasteiger partial charge in [-0.15, -0.1) is 0 Å². The number of aromatic carboxylic acids is 1. The summed E-state index contributed by atoms with van der Waals surface area (Å²) in [5.74, 6) is -0.941. The Hall–Kier alpha value is -1.66. The van der Waals surface area contributed by atoms with Crippen LogP contribution in [0, 0.1) is 0 Å². The highest BCUT2D eigenvalue weighted by molar-refractivity contribution is 6.76. The first-order valence-electron chi connectivity index (χ1n) is 6.63. The zero-order chi connectivity index (χ0) is 14.8. The molecule has 0 unspecified atom stereocenters. The third-order valence-electron chi connectivity index (χ3n) is 3.09. The third-order valence-corrected chi connectivity index (χ3v) is 4.80. The average Bonchev–Trinajstić information content (AvgIpc) is 2.73. The molecule has 2 aromatic rings. The van der Waals surface area contributed by atoms with Gasteiger partial charge < -0.3 is 14.4 Å². The highest BCUT2D eigenvalue weighted by Crippen LogP contribution is 2.19. The Morgan fingerprint density at radius 3 is 2.85 bits per heavy atom. The Labute approximate surface area is 119 Å². The summed E-state index contributed by atoms with van der Waals surface area (Å²) in [7, 11) is -1.11. The Kier molecular flexibility index (Phi) is 4.25. The van der Waals surface area contributed by atoms with E-state index in [9.17, 15) is 9.90 Å². The molecule has 0 aliphatic rings. The van der Waals surface area contributed by atoms with E-state index in [0.717, 1.165) is 6.04 Å². The number of carboxylic acids is 1. The molecule has 0 atom stereocenters. The van der Waals surface area contributed by atoms with Crippen LogP contribution in [-0.2, 0) is 11.5 Å². The normalized spacial score (nSPS) is 11.9. The molecule has 108 valence electrons. The monoisotopic (exact) mass is 292 g/mol. The van der Waals surface area contributed by atoms with Crippen molar-refractivity contribution in [2.24, 2.45) is 0 Å². The number of hydrogen-bond acceptors (Lipinski definition) is 3. The Bertz CT molecular complexity index is 616. The van der Waals surface area contributed by atoms with Crippen molar-refractivity contribution >= 4 is 25.1 Å². The summed E-state index contributed by atoms with van der Waals surface area (Å²) in [6.45, 7) is 7.93. The summed E-state index contributed by atoms with van der Waals surface area (Å²) >= 11 is 0. The fourth-order valence-electron chi connectivity index (χ4n) is 1.93. The van der Waals surface area contributed by atoms with Gasteiger partial charge in [-0.3, -0.25) is 0 Å². The molecule has 2 rings (SSSR count). The molecule has 0 bridgehead atoms. The smallest absolute Gasteiger partial charge is 0.337 e. The summed E-state index contributed by atoms with van der Waals surface area (Å²) in [4.78, 5) is 15.5. The van der Waals surface area contributed by atoms with Crippen molar-refractivity contribution < 1.29 is 14.6 Å². The Morgan fingerprint density at radius 2 is 2.20 bits per heavy atom. The minimum atomic E-state index is -1.11. The van der Waals surface area contributed by atoms with Crippen LogP contribution in [0.15, 0.2) is 24.5 Å². The molecule has 0 aliphatic carbocycles. The van der Waals surface area contributed by atoms with E-state index in [0.29, 0.717) is 24.4 Å². The molecule has 0 radical (unpaired) electrons. The molecular formula is C14H20N2O3Si. The number of fused-ring (bicyclic) bond motifs is 1. The second kappa shape index (κ2) is 5.76. The van der Waals surface area contributed by atoms with E-state index in [1.54, 1.807) is 29.1 Å². The lowest BCUT2D eigenvalue weighted by molar-refractivity contribution is 0.0696. The number of rotatable bonds is 6. The molecule has 0 spiro atoms. The summed E-state index contributed by atoms with van der Waals surface area (Å²) in [6.07, 6.45) is 3.25. The maximum absolute atomic E-state index is 11.2. The average molecular weight is 292 g/mol. The molecule has 1 N–H and O–H groups in total. The SMILES string of the molecule is C[Si](C)(C)CCOCn1cc(C(=O)O)c2cccnc21. The molecule has 0 fully saturated rings. The van der Waals surface area contributed by atoms with E-state index in [4.69, 9.17) is 4.74 Å². The van der Waals surface area contributed by atoms with Crippen LogP contribution in [0.4, 0.5) is 0 Å². The zero-order valence-electron chi connectivity index (χ0n) is 12.1. The van der Waals surface area contributed by atoms with Crippen LogP contribution < -0.4 is 0 Å². The van der Waals surface area contributed by atoms with Gasteiger partial charge in [-0.2, -0.15) is 0 Å². The van der Waals surface area contributed by atoms with E-state index < -0.39 is 14.0 Å². The number of carboxylic acid groups (broad SMARTS) is 1. The number of pyridine rings is 1. The maximum atomic E-state index is 11.2. The predicted molar refractivity (Wildman–Crippen MR) is 80.8 cm³/mol. The lowest BCUT2D eigenvalue weighted by Gasteiger charge is -2.15. The van der Waals surface area contributed by atoms with Crippen LogP contribution in [0.25, 0.3) is 11.0 Å². The molecule has 2 heterocycles. The van der Waals surface area contributed by atoms with Gasteiger partial charge in [0.2, 0.25) is 0 Å². The Balaban J connectivity index is 2.12. The molecule has 6 heteroatoms. The first kappa shape index (κ1) is 14.7. The number of ether oxygens (including phenoxy) is 1. The quantitative estimate of drug-likeness (QED) is 0.656. The molecule has 20 heavy (non-hydrogen) atoms. The van der Waals surface area contributed by atoms with E-state index in [-0.39, 0.29) is 5.56 Å². The van der Waals surface area contributed by atoms with Crippen molar-refractivity contribution in [1.29, 1.82) is 0 Å². The summed E-state index contributed by atoms with van der Waals surface area (Å²) in [5.41, 5.74) is 0.916. The standard InChI is InChI=1S/C14H20N2O3Si/c1-20(2,3)8-7-19-10-16-9-12(14(17)18)11-5-4-6-15-13(11)16/h4-6,9H,7-8,10H2,1-3H3,(H,17,18). The fourth-order valence-corrected chi connectivity index (χ4v) is 2.69. The van der Waals surface area contributed by atoms with Gasteiger partial charge in [0.1, 0.15) is 12.4 Å². The van der Waals surface area contributed by atoms with Crippen LogP contribution in [0.1, 0.15) is 10.4 Å². The van der Waals surface area contributed by atoms with Gasteiger partial charge in [0, 0.05) is 32.5 Å². The first-order chi connectivity index (χ1) is 9.38. The van der Waals surface area contributed by atoms with Gasteiger partial charge >= 0.3 is 5.97 Å². The summed E-state index contributed by atoms with van der Waals surface area (Å²) in [6, 6.07) is 4.60. The van der Waals surface area contributed by atoms with Crippen molar-refractivity contribution in [3.05, 3.63) is 30.1 Å². The number of aromatic nitrogens is 2. The van der Waals surface area contributed by atoms with Gasteiger partial charge in [0.05, 0.1) is 5.56 Å². The number of carbonyl (C=O) groups is 1. The van der Waals surface area contributed by atoms with Gasteiger partial charge in [0.25, 0.3) is 0 Å². The molecule has 0 saturated carbocycles. The van der Waals surface area contributed by atoms with Crippen LogP contribution in [0.5, 0.6) is 0 Å². The van der Waals surface area contributed by atoms with E-state index in [1.807, 2.05) is 0 Å². The molecule has 0 aromatic carbocycles. The highest BCUT2D eigenvalue weighted by atomic mass is 28.3. The molecule has 2 aromatic heterocycles. The molecule has 0 amide bonds. The van der Waals surface area contributed by atoms with Gasteiger partial charge in [0.15, 0.2) is 0 Å². The number of hydrogen-bond donors (Lipinski definition) is 1. The largest absolute Gasteiger partial charge is 0.478 e. The van der Waals surface area contributed by atoms with Gasteiger partial charge in [-0.25, -0.2) is 9.78 Å². The molecule has 5 nitrogen and oxygen atoms in total. The van der Waals surface area contributed by atoms with Crippen molar-refractivity contribution in [3.63, 3.8) is 0 Å². The fraction of sp³-hybridized carbons (Fsp3) is 0.429. The highest BCUT2D eigenvalue weighted by Gasteiger charge is 2.15. The Morgan fingerprint density at radius 1 is 1.45 bits per heavy atom. The number of nitrogens with zero attached hydrogens (tertiary/aromatic N) is 2. The van der Waals surface area contributed by atoms with Crippen molar-refractivity contribution in [3.8, 4) is 0 Å². The molecule has 0 saturated heterocycles. The van der Waals surface area contributed by atoms with Crippen LogP contribution in [-0.4, -0.2) is 35.3 Å². The van der Waals surface area contributed by atoms with E-state index >= 15 is 0 Å². The van der Waals surface area contributed by atoms with E-state index in [2.05, 4.69) is 24.6 Å². The topological polar surface area (TPSA) is 64.3 Å². The van der Waals surface area contributed by atoms with E-state index in [1.165, 1.54) is 0 Å². The van der Waals surface area contributed by atoms with Crippen molar-refractivity contribution in [2.45, 2.75) is 32.4 Å². The lowest BCUT2D eigenvalue weighted by Crippen LogP contribution is -2.22. The van der Waals surface area contributed by atoms with Crippen LogP contribution in [0.2, 0.25) is 25.7 Å².